The molecule has 24 heavy (non-hydrogen) atoms. The maximum atomic E-state index is 11.9. The molecule has 1 N–H and O–H groups in total. The second-order valence-corrected chi connectivity index (χ2v) is 7.10. The van der Waals surface area contributed by atoms with Crippen LogP contribution in [0.25, 0.3) is 20.7 Å². The van der Waals surface area contributed by atoms with E-state index in [1.54, 1.807) is 22.6 Å². The maximum absolute atomic E-state index is 11.9. The lowest BCUT2D eigenvalue weighted by Crippen LogP contribution is -2.41. The number of nitrogens with zero attached hydrogens (tertiary/aromatic N) is 3. The summed E-state index contributed by atoms with van der Waals surface area (Å²) in [5.41, 5.74) is 1.18. The second kappa shape index (κ2) is 6.20. The molecule has 0 bridgehead atoms. The van der Waals surface area contributed by atoms with E-state index in [-0.39, 0.29) is 11.9 Å². The molecule has 1 unspecified atom stereocenters. The van der Waals surface area contributed by atoms with Crippen molar-refractivity contribution in [2.45, 2.75) is 18.9 Å². The number of carbonyl (C=O) groups is 1. The molecule has 1 atom stereocenters. The summed E-state index contributed by atoms with van der Waals surface area (Å²) in [5, 5.41) is 4.47. The topological polar surface area (TPSA) is 58.1 Å². The number of benzene rings is 1. The molecule has 3 aromatic rings. The van der Waals surface area contributed by atoms with E-state index >= 15 is 0 Å². The number of nitrogens with one attached hydrogen (secondary N) is 1. The third-order valence-electron chi connectivity index (χ3n) is 4.39. The highest BCUT2D eigenvalue weighted by atomic mass is 32.1. The first-order valence-electron chi connectivity index (χ1n) is 8.01. The Morgan fingerprint density at radius 3 is 2.88 bits per heavy atom. The van der Waals surface area contributed by atoms with E-state index in [2.05, 4.69) is 33.5 Å². The van der Waals surface area contributed by atoms with Crippen LogP contribution in [0, 0.1) is 0 Å². The number of rotatable bonds is 3. The zero-order valence-corrected chi connectivity index (χ0v) is 14.2. The first-order chi connectivity index (χ1) is 11.7. The number of anilines is 1. The number of hydrogen-bond donors (Lipinski definition) is 1. The molecule has 4 rings (SSSR count). The average Bonchev–Trinajstić information content (AvgIpc) is 3.04. The quantitative estimate of drug-likeness (QED) is 0.795. The van der Waals surface area contributed by atoms with E-state index < -0.39 is 0 Å². The summed E-state index contributed by atoms with van der Waals surface area (Å²) in [7, 11) is 1.85. The van der Waals surface area contributed by atoms with Crippen LogP contribution in [0.1, 0.15) is 12.8 Å². The third-order valence-corrected chi connectivity index (χ3v) is 5.48. The molecule has 1 saturated heterocycles. The Bertz CT molecular complexity index is 877. The van der Waals surface area contributed by atoms with Crippen LogP contribution in [-0.2, 0) is 4.79 Å². The van der Waals surface area contributed by atoms with Crippen molar-refractivity contribution in [3.05, 3.63) is 42.7 Å². The Morgan fingerprint density at radius 2 is 2.08 bits per heavy atom. The van der Waals surface area contributed by atoms with Crippen molar-refractivity contribution in [2.24, 2.45) is 0 Å². The van der Waals surface area contributed by atoms with Gasteiger partial charge in [0.25, 0.3) is 0 Å². The van der Waals surface area contributed by atoms with Gasteiger partial charge in [-0.15, -0.1) is 11.3 Å². The minimum atomic E-state index is 0.131. The van der Waals surface area contributed by atoms with Gasteiger partial charge in [0, 0.05) is 30.9 Å². The summed E-state index contributed by atoms with van der Waals surface area (Å²) < 4.78 is 0. The Kier molecular flexibility index (Phi) is 3.90. The molecule has 2 aromatic heterocycles. The van der Waals surface area contributed by atoms with Crippen molar-refractivity contribution in [3.63, 3.8) is 0 Å². The minimum absolute atomic E-state index is 0.131. The fourth-order valence-corrected chi connectivity index (χ4v) is 3.98. The monoisotopic (exact) mass is 338 g/mol. The predicted molar refractivity (Wildman–Crippen MR) is 97.1 cm³/mol. The molecule has 3 heterocycles. The average molecular weight is 338 g/mol. The summed E-state index contributed by atoms with van der Waals surface area (Å²) in [4.78, 5) is 24.6. The highest BCUT2D eigenvalue weighted by Crippen LogP contribution is 2.35. The molecule has 1 aliphatic heterocycles. The van der Waals surface area contributed by atoms with Gasteiger partial charge in [-0.25, -0.2) is 9.97 Å². The van der Waals surface area contributed by atoms with Crippen LogP contribution >= 0.6 is 11.3 Å². The highest BCUT2D eigenvalue weighted by Gasteiger charge is 2.24. The molecule has 122 valence electrons. The molecule has 0 spiro atoms. The van der Waals surface area contributed by atoms with Crippen LogP contribution in [0.5, 0.6) is 0 Å². The molecule has 0 aliphatic carbocycles. The molecule has 0 radical (unpaired) electrons. The first kappa shape index (κ1) is 15.1. The van der Waals surface area contributed by atoms with E-state index in [1.165, 1.54) is 10.4 Å². The normalized spacial score (nSPS) is 18.1. The molecule has 6 heteroatoms. The molecule has 1 fully saturated rings. The lowest BCUT2D eigenvalue weighted by atomic mass is 10.0. The number of carbonyl (C=O) groups excluding carboxylic acids is 1. The smallest absolute Gasteiger partial charge is 0.224 e. The number of amides is 1. The molecular formula is C18H18N4OS. The molecule has 1 aromatic carbocycles. The van der Waals surface area contributed by atoms with Gasteiger partial charge in [-0.05, 0) is 18.1 Å². The number of thiophene rings is 1. The summed E-state index contributed by atoms with van der Waals surface area (Å²) in [6, 6.07) is 12.5. The van der Waals surface area contributed by atoms with Crippen molar-refractivity contribution in [1.29, 1.82) is 0 Å². The van der Waals surface area contributed by atoms with Crippen LogP contribution in [0.15, 0.2) is 42.7 Å². The summed E-state index contributed by atoms with van der Waals surface area (Å²) in [5.74, 6) is 1.00. The van der Waals surface area contributed by atoms with Crippen LogP contribution in [0.3, 0.4) is 0 Å². The summed E-state index contributed by atoms with van der Waals surface area (Å²) in [6.45, 7) is 0.781. The molecule has 1 aliphatic rings. The molecular weight excluding hydrogens is 320 g/mol. The van der Waals surface area contributed by atoms with Crippen LogP contribution in [0.2, 0.25) is 0 Å². The maximum Gasteiger partial charge on any atom is 0.224 e. The Morgan fingerprint density at radius 1 is 1.25 bits per heavy atom. The fraction of sp³-hybridized carbons (Fsp3) is 0.278. The number of hydrogen-bond acceptors (Lipinski definition) is 5. The van der Waals surface area contributed by atoms with E-state index in [1.807, 2.05) is 25.2 Å². The Labute approximate surface area is 144 Å². The van der Waals surface area contributed by atoms with Crippen molar-refractivity contribution < 1.29 is 4.79 Å². The summed E-state index contributed by atoms with van der Waals surface area (Å²) >= 11 is 1.66. The van der Waals surface area contributed by atoms with Gasteiger partial charge in [-0.1, -0.05) is 30.3 Å². The van der Waals surface area contributed by atoms with Gasteiger partial charge in [0.15, 0.2) is 0 Å². The van der Waals surface area contributed by atoms with E-state index in [9.17, 15) is 4.79 Å². The fourth-order valence-electron chi connectivity index (χ4n) is 2.97. The first-order valence-corrected chi connectivity index (χ1v) is 8.83. The molecule has 5 nitrogen and oxygen atoms in total. The van der Waals surface area contributed by atoms with E-state index in [4.69, 9.17) is 0 Å². The Hall–Kier alpha value is -2.47. The molecule has 0 saturated carbocycles. The standard InChI is InChI=1S/C18H18N4OS/c1-22-8-7-13(9-16(22)23)21-17-14-10-15(12-5-3-2-4-6-12)24-18(14)20-11-19-17/h2-6,10-11,13H,7-9H2,1H3,(H,19,20,21). The molecule has 1 amide bonds. The van der Waals surface area contributed by atoms with Gasteiger partial charge < -0.3 is 10.2 Å². The van der Waals surface area contributed by atoms with Crippen LogP contribution < -0.4 is 5.32 Å². The van der Waals surface area contributed by atoms with E-state index in [0.717, 1.165) is 29.0 Å². The lowest BCUT2D eigenvalue weighted by Gasteiger charge is -2.29. The van der Waals surface area contributed by atoms with Gasteiger partial charge >= 0.3 is 0 Å². The number of fused-ring (bicyclic) bond motifs is 1. The van der Waals surface area contributed by atoms with Crippen LogP contribution in [-0.4, -0.2) is 40.4 Å². The largest absolute Gasteiger partial charge is 0.366 e. The Balaban J connectivity index is 1.64. The van der Waals surface area contributed by atoms with Crippen molar-refractivity contribution in [2.75, 3.05) is 18.9 Å². The lowest BCUT2D eigenvalue weighted by molar-refractivity contribution is -0.132. The van der Waals surface area contributed by atoms with Crippen molar-refractivity contribution in [3.8, 4) is 10.4 Å². The van der Waals surface area contributed by atoms with E-state index in [0.29, 0.717) is 6.42 Å². The predicted octanol–water partition coefficient (Wildman–Crippen LogP) is 3.39. The van der Waals surface area contributed by atoms with Gasteiger partial charge in [0.2, 0.25) is 5.91 Å². The van der Waals surface area contributed by atoms with Crippen molar-refractivity contribution >= 4 is 33.3 Å². The number of aromatic nitrogens is 2. The van der Waals surface area contributed by atoms with Gasteiger partial charge in [0.1, 0.15) is 17.0 Å². The second-order valence-electron chi connectivity index (χ2n) is 6.07. The zero-order valence-electron chi connectivity index (χ0n) is 13.4. The minimum Gasteiger partial charge on any atom is -0.366 e. The summed E-state index contributed by atoms with van der Waals surface area (Å²) in [6.07, 6.45) is 3.04. The van der Waals surface area contributed by atoms with Crippen molar-refractivity contribution in [1.82, 2.24) is 14.9 Å². The number of likely N-dealkylation sites (tertiary alicyclic amines) is 1. The SMILES string of the molecule is CN1CCC(Nc2ncnc3sc(-c4ccccc4)cc23)CC1=O. The third kappa shape index (κ3) is 2.85. The van der Waals surface area contributed by atoms with Crippen LogP contribution in [0.4, 0.5) is 5.82 Å². The van der Waals surface area contributed by atoms with Gasteiger partial charge in [-0.2, -0.15) is 0 Å². The van der Waals surface area contributed by atoms with Gasteiger partial charge in [0.05, 0.1) is 5.39 Å². The zero-order chi connectivity index (χ0) is 16.5. The number of piperidine rings is 1. The highest BCUT2D eigenvalue weighted by molar-refractivity contribution is 7.21. The van der Waals surface area contributed by atoms with Gasteiger partial charge in [-0.3, -0.25) is 4.79 Å².